The highest BCUT2D eigenvalue weighted by Crippen LogP contribution is 2.14. The Morgan fingerprint density at radius 1 is 0.731 bits per heavy atom. The molecule has 0 aromatic rings. The number of nitrogens with zero attached hydrogens (tertiary/aromatic N) is 1. The molecule has 158 valence electrons. The second-order valence-electron chi connectivity index (χ2n) is 8.74. The lowest BCUT2D eigenvalue weighted by molar-refractivity contribution is -0.890. The third kappa shape index (κ3) is 16.1. The van der Waals surface area contributed by atoms with E-state index in [1.165, 1.54) is 90.4 Å². The van der Waals surface area contributed by atoms with Crippen LogP contribution in [0, 0.1) is 0 Å². The molecule has 0 aromatic heterocycles. The van der Waals surface area contributed by atoms with E-state index in [0.717, 1.165) is 13.0 Å². The van der Waals surface area contributed by atoms with Crippen LogP contribution >= 0.6 is 0 Å². The fourth-order valence-corrected chi connectivity index (χ4v) is 4.20. The van der Waals surface area contributed by atoms with Crippen LogP contribution in [0.1, 0.15) is 104 Å². The van der Waals surface area contributed by atoms with Gasteiger partial charge in [0.05, 0.1) is 32.4 Å². The van der Waals surface area contributed by atoms with Crippen molar-refractivity contribution >= 4 is 10.1 Å². The van der Waals surface area contributed by atoms with Gasteiger partial charge in [0.15, 0.2) is 0 Å². The Hall–Kier alpha value is -0.130. The molecule has 5 heteroatoms. The Balaban J connectivity index is 3.45. The molecule has 1 atom stereocenters. The maximum atomic E-state index is 11.0. The Morgan fingerprint density at radius 3 is 1.42 bits per heavy atom. The van der Waals surface area contributed by atoms with E-state index in [0.29, 0.717) is 11.0 Å². The van der Waals surface area contributed by atoms with Crippen LogP contribution in [0.15, 0.2) is 0 Å². The minimum atomic E-state index is -4.16. The molecule has 0 fully saturated rings. The van der Waals surface area contributed by atoms with Crippen molar-refractivity contribution in [1.29, 1.82) is 0 Å². The molecule has 0 aliphatic carbocycles. The first-order valence-corrected chi connectivity index (χ1v) is 12.4. The average Bonchev–Trinajstić information content (AvgIpc) is 2.53. The van der Waals surface area contributed by atoms with Crippen molar-refractivity contribution in [1.82, 2.24) is 0 Å². The van der Waals surface area contributed by atoms with Crippen LogP contribution in [-0.4, -0.2) is 49.9 Å². The summed E-state index contributed by atoms with van der Waals surface area (Å²) in [6.45, 7) is 5.14. The van der Waals surface area contributed by atoms with E-state index in [9.17, 15) is 13.0 Å². The molecule has 0 saturated carbocycles. The van der Waals surface area contributed by atoms with Crippen molar-refractivity contribution in [3.63, 3.8) is 0 Å². The molecule has 1 unspecified atom stereocenters. The van der Waals surface area contributed by atoms with Gasteiger partial charge in [-0.2, -0.15) is 0 Å². The van der Waals surface area contributed by atoms with Crippen molar-refractivity contribution in [3.8, 4) is 0 Å². The summed E-state index contributed by atoms with van der Waals surface area (Å²) in [6.07, 6.45) is 18.8. The molecule has 0 aliphatic heterocycles. The summed E-state index contributed by atoms with van der Waals surface area (Å²) in [4.78, 5) is 0. The molecule has 0 spiro atoms. The summed E-state index contributed by atoms with van der Waals surface area (Å²) < 4.78 is 33.7. The summed E-state index contributed by atoms with van der Waals surface area (Å²) in [5.41, 5.74) is 0. The molecule has 0 aliphatic rings. The highest BCUT2D eigenvalue weighted by molar-refractivity contribution is 7.86. The van der Waals surface area contributed by atoms with Crippen LogP contribution < -0.4 is 0 Å². The Bertz CT molecular complexity index is 421. The van der Waals surface area contributed by atoms with Crippen molar-refractivity contribution in [2.24, 2.45) is 0 Å². The summed E-state index contributed by atoms with van der Waals surface area (Å²) in [5, 5.41) is -0.802. The predicted molar refractivity (Wildman–Crippen MR) is 111 cm³/mol. The molecule has 0 aromatic carbocycles. The van der Waals surface area contributed by atoms with Gasteiger partial charge >= 0.3 is 0 Å². The lowest BCUT2D eigenvalue weighted by Gasteiger charge is -2.33. The predicted octanol–water partition coefficient (Wildman–Crippen LogP) is 5.48. The average molecular weight is 392 g/mol. The van der Waals surface area contributed by atoms with Gasteiger partial charge in [-0.05, 0) is 19.8 Å². The third-order valence-electron chi connectivity index (χ3n) is 5.36. The van der Waals surface area contributed by atoms with Gasteiger partial charge in [-0.3, -0.25) is 0 Å². The normalized spacial score (nSPS) is 13.9. The van der Waals surface area contributed by atoms with Crippen molar-refractivity contribution in [2.45, 2.75) is 109 Å². The van der Waals surface area contributed by atoms with Gasteiger partial charge in [-0.25, -0.2) is 8.42 Å². The third-order valence-corrected chi connectivity index (χ3v) is 6.50. The Morgan fingerprint density at radius 2 is 1.08 bits per heavy atom. The number of unbranched alkanes of at least 4 members (excludes halogenated alkanes) is 13. The Labute approximate surface area is 164 Å². The van der Waals surface area contributed by atoms with Gasteiger partial charge in [-0.1, -0.05) is 84.0 Å². The quantitative estimate of drug-likeness (QED) is 0.177. The van der Waals surface area contributed by atoms with E-state index in [2.05, 4.69) is 6.92 Å². The smallest absolute Gasteiger partial charge is 0.103 e. The van der Waals surface area contributed by atoms with Gasteiger partial charge in [-0.15, -0.1) is 0 Å². The first-order valence-electron chi connectivity index (χ1n) is 11.0. The minimum absolute atomic E-state index is 0.407. The van der Waals surface area contributed by atoms with E-state index in [-0.39, 0.29) is 0 Å². The molecule has 26 heavy (non-hydrogen) atoms. The van der Waals surface area contributed by atoms with Gasteiger partial charge in [0.25, 0.3) is 0 Å². The zero-order valence-electron chi connectivity index (χ0n) is 18.0. The van der Waals surface area contributed by atoms with Crippen LogP contribution in [0.5, 0.6) is 0 Å². The first kappa shape index (κ1) is 25.9. The first-order chi connectivity index (χ1) is 12.2. The van der Waals surface area contributed by atoms with E-state index < -0.39 is 15.4 Å². The highest BCUT2D eigenvalue weighted by atomic mass is 32.2. The van der Waals surface area contributed by atoms with Gasteiger partial charge in [0, 0.05) is 0 Å². The van der Waals surface area contributed by atoms with Crippen LogP contribution in [0.25, 0.3) is 0 Å². The van der Waals surface area contributed by atoms with Crippen LogP contribution in [0.4, 0.5) is 0 Å². The van der Waals surface area contributed by atoms with Crippen LogP contribution in [0.3, 0.4) is 0 Å². The molecule has 0 radical (unpaired) electrons. The zero-order chi connectivity index (χ0) is 19.9. The number of quaternary nitrogens is 1. The molecule has 0 saturated heterocycles. The van der Waals surface area contributed by atoms with E-state index in [4.69, 9.17) is 0 Å². The summed E-state index contributed by atoms with van der Waals surface area (Å²) in [7, 11) is -0.125. The minimum Gasteiger partial charge on any atom is -0.748 e. The number of rotatable bonds is 18. The van der Waals surface area contributed by atoms with Crippen molar-refractivity contribution in [3.05, 3.63) is 0 Å². The van der Waals surface area contributed by atoms with E-state index >= 15 is 0 Å². The van der Waals surface area contributed by atoms with Gasteiger partial charge in [0.1, 0.15) is 10.1 Å². The molecule has 0 bridgehead atoms. The molecule has 4 nitrogen and oxygen atoms in total. The van der Waals surface area contributed by atoms with Gasteiger partial charge in [0.2, 0.25) is 0 Å². The second-order valence-corrected chi connectivity index (χ2v) is 10.5. The van der Waals surface area contributed by atoms with Crippen molar-refractivity contribution in [2.75, 3.05) is 27.2 Å². The van der Waals surface area contributed by atoms with Crippen LogP contribution in [0.2, 0.25) is 0 Å². The lowest BCUT2D eigenvalue weighted by atomic mass is 10.0. The molecule has 0 rings (SSSR count). The number of hydrogen-bond donors (Lipinski definition) is 0. The fraction of sp³-hybridized carbons (Fsp3) is 1.00. The monoisotopic (exact) mass is 391 g/mol. The van der Waals surface area contributed by atoms with Crippen molar-refractivity contribution < 1.29 is 17.5 Å². The molecular formula is C21H45NO3S. The molecule has 0 N–H and O–H groups in total. The second kappa shape index (κ2) is 14.9. The standard InChI is InChI=1S/C21H45NO3S/c1-5-6-7-8-9-10-11-12-13-14-15-16-17-18-19-22(3,4)20-21(2)26(23,24)25/h21H,5-20H2,1-4H3. The molecule has 0 amide bonds. The summed E-state index contributed by atoms with van der Waals surface area (Å²) >= 11 is 0. The molecule has 0 heterocycles. The number of hydrogen-bond acceptors (Lipinski definition) is 3. The highest BCUT2D eigenvalue weighted by Gasteiger charge is 2.22. The maximum Gasteiger partial charge on any atom is 0.103 e. The van der Waals surface area contributed by atoms with Crippen LogP contribution in [-0.2, 0) is 10.1 Å². The zero-order valence-corrected chi connectivity index (χ0v) is 18.8. The van der Waals surface area contributed by atoms with E-state index in [1.807, 2.05) is 14.1 Å². The molecular weight excluding hydrogens is 346 g/mol. The largest absolute Gasteiger partial charge is 0.748 e. The fourth-order valence-electron chi connectivity index (χ4n) is 3.61. The Kier molecular flexibility index (Phi) is 14.8. The SMILES string of the molecule is CCCCCCCCCCCCCCCC[N+](C)(C)CC(C)S(=O)(=O)[O-]. The lowest BCUT2D eigenvalue weighted by Crippen LogP contribution is -2.47. The summed E-state index contributed by atoms with van der Waals surface area (Å²) in [6, 6.07) is 0. The summed E-state index contributed by atoms with van der Waals surface area (Å²) in [5.74, 6) is 0. The van der Waals surface area contributed by atoms with Gasteiger partial charge < -0.3 is 9.04 Å². The van der Waals surface area contributed by atoms with E-state index in [1.54, 1.807) is 0 Å². The topological polar surface area (TPSA) is 57.2 Å². The maximum absolute atomic E-state index is 11.0.